The van der Waals surface area contributed by atoms with Gasteiger partial charge in [-0.15, -0.1) is 11.3 Å². The van der Waals surface area contributed by atoms with Crippen LogP contribution in [0.3, 0.4) is 0 Å². The standard InChI is InChI=1S/C13H12N4OS/c1-8-9-5-6-10(18)15-12(9)16-13(14-8)17(2)11-4-3-7-19-11/h3-7H,1-2H3,(H,14,15,16,18). The number of aromatic nitrogens is 3. The van der Waals surface area contributed by atoms with Gasteiger partial charge in [-0.05, 0) is 30.5 Å². The first-order valence-electron chi connectivity index (χ1n) is 5.80. The van der Waals surface area contributed by atoms with Crippen LogP contribution in [0.25, 0.3) is 11.0 Å². The van der Waals surface area contributed by atoms with Crippen LogP contribution in [0.15, 0.2) is 34.4 Å². The molecule has 0 aliphatic heterocycles. The highest BCUT2D eigenvalue weighted by Crippen LogP contribution is 2.26. The summed E-state index contributed by atoms with van der Waals surface area (Å²) in [5, 5.41) is 3.92. The Morgan fingerprint density at radius 3 is 2.84 bits per heavy atom. The molecule has 0 aliphatic rings. The topological polar surface area (TPSA) is 61.9 Å². The number of aryl methyl sites for hydroxylation is 1. The van der Waals surface area contributed by atoms with Crippen molar-refractivity contribution in [3.63, 3.8) is 0 Å². The Hall–Kier alpha value is -2.21. The van der Waals surface area contributed by atoms with Gasteiger partial charge in [0.2, 0.25) is 11.5 Å². The number of aromatic amines is 1. The number of nitrogens with one attached hydrogen (secondary N) is 1. The fourth-order valence-corrected chi connectivity index (χ4v) is 2.58. The molecule has 0 fully saturated rings. The van der Waals surface area contributed by atoms with Gasteiger partial charge in [-0.25, -0.2) is 4.98 Å². The van der Waals surface area contributed by atoms with E-state index in [4.69, 9.17) is 0 Å². The Labute approximate surface area is 113 Å². The second-order valence-electron chi connectivity index (χ2n) is 4.20. The first-order valence-corrected chi connectivity index (χ1v) is 6.68. The summed E-state index contributed by atoms with van der Waals surface area (Å²) in [6.07, 6.45) is 0. The molecule has 0 atom stereocenters. The van der Waals surface area contributed by atoms with Crippen molar-refractivity contribution in [2.75, 3.05) is 11.9 Å². The molecule has 0 aliphatic carbocycles. The third-order valence-corrected chi connectivity index (χ3v) is 3.85. The van der Waals surface area contributed by atoms with Gasteiger partial charge in [0.1, 0.15) is 5.65 Å². The van der Waals surface area contributed by atoms with E-state index in [1.54, 1.807) is 17.4 Å². The summed E-state index contributed by atoms with van der Waals surface area (Å²) in [5.74, 6) is 0.578. The predicted molar refractivity (Wildman–Crippen MR) is 77.3 cm³/mol. The fourth-order valence-electron chi connectivity index (χ4n) is 1.89. The van der Waals surface area contributed by atoms with Crippen LogP contribution < -0.4 is 10.5 Å². The lowest BCUT2D eigenvalue weighted by atomic mass is 10.2. The lowest BCUT2D eigenvalue weighted by Gasteiger charge is -2.15. The molecule has 6 heteroatoms. The minimum Gasteiger partial charge on any atom is -0.306 e. The van der Waals surface area contributed by atoms with Crippen molar-refractivity contribution < 1.29 is 0 Å². The minimum absolute atomic E-state index is 0.157. The third kappa shape index (κ3) is 2.10. The van der Waals surface area contributed by atoms with E-state index in [1.807, 2.05) is 36.4 Å². The lowest BCUT2D eigenvalue weighted by Crippen LogP contribution is -2.14. The number of hydrogen-bond acceptors (Lipinski definition) is 5. The van der Waals surface area contributed by atoms with Gasteiger partial charge in [-0.3, -0.25) is 4.79 Å². The predicted octanol–water partition coefficient (Wildman–Crippen LogP) is 2.46. The SMILES string of the molecule is Cc1nc(N(C)c2cccs2)nc2[nH]c(=O)ccc12. The van der Waals surface area contributed by atoms with Crippen molar-refractivity contribution in [2.45, 2.75) is 6.92 Å². The van der Waals surface area contributed by atoms with Crippen LogP contribution in [-0.2, 0) is 0 Å². The number of thiophene rings is 1. The van der Waals surface area contributed by atoms with Crippen molar-refractivity contribution in [1.29, 1.82) is 0 Å². The van der Waals surface area contributed by atoms with Crippen LogP contribution in [0.5, 0.6) is 0 Å². The van der Waals surface area contributed by atoms with Gasteiger partial charge < -0.3 is 9.88 Å². The van der Waals surface area contributed by atoms with E-state index in [-0.39, 0.29) is 5.56 Å². The van der Waals surface area contributed by atoms with Crippen LogP contribution in [0.2, 0.25) is 0 Å². The molecule has 0 unspecified atom stereocenters. The number of nitrogens with zero attached hydrogens (tertiary/aromatic N) is 3. The van der Waals surface area contributed by atoms with Crippen LogP contribution in [-0.4, -0.2) is 22.0 Å². The molecule has 0 saturated carbocycles. The summed E-state index contributed by atoms with van der Waals surface area (Å²) in [7, 11) is 1.91. The molecule has 19 heavy (non-hydrogen) atoms. The van der Waals surface area contributed by atoms with Crippen LogP contribution in [0.4, 0.5) is 10.9 Å². The van der Waals surface area contributed by atoms with Crippen LogP contribution in [0, 0.1) is 6.92 Å². The largest absolute Gasteiger partial charge is 0.306 e. The highest BCUT2D eigenvalue weighted by Gasteiger charge is 2.11. The molecule has 3 aromatic heterocycles. The molecule has 1 N–H and O–H groups in total. The number of fused-ring (bicyclic) bond motifs is 1. The Balaban J connectivity index is 2.17. The minimum atomic E-state index is -0.157. The van der Waals surface area contributed by atoms with E-state index in [9.17, 15) is 4.79 Å². The van der Waals surface area contributed by atoms with E-state index in [1.165, 1.54) is 6.07 Å². The van der Waals surface area contributed by atoms with Crippen LogP contribution in [0.1, 0.15) is 5.69 Å². The Kier molecular flexibility index (Phi) is 2.79. The smallest absolute Gasteiger partial charge is 0.249 e. The van der Waals surface area contributed by atoms with Gasteiger partial charge in [0.05, 0.1) is 10.7 Å². The zero-order valence-corrected chi connectivity index (χ0v) is 11.4. The molecular weight excluding hydrogens is 260 g/mol. The quantitative estimate of drug-likeness (QED) is 0.778. The first kappa shape index (κ1) is 11.9. The molecule has 0 radical (unpaired) electrons. The normalized spacial score (nSPS) is 10.8. The number of H-pyrrole nitrogens is 1. The maximum atomic E-state index is 11.4. The highest BCUT2D eigenvalue weighted by atomic mass is 32.1. The van der Waals surface area contributed by atoms with Gasteiger partial charge in [0, 0.05) is 18.5 Å². The number of pyridine rings is 1. The summed E-state index contributed by atoms with van der Waals surface area (Å²) in [6.45, 7) is 1.91. The zero-order chi connectivity index (χ0) is 13.4. The van der Waals surface area contributed by atoms with E-state index in [0.717, 1.165) is 16.1 Å². The molecule has 5 nitrogen and oxygen atoms in total. The Bertz CT molecular complexity index is 779. The van der Waals surface area contributed by atoms with E-state index < -0.39 is 0 Å². The zero-order valence-electron chi connectivity index (χ0n) is 10.5. The molecule has 0 bridgehead atoms. The van der Waals surface area contributed by atoms with Gasteiger partial charge >= 0.3 is 0 Å². The average Bonchev–Trinajstić information content (AvgIpc) is 2.91. The average molecular weight is 272 g/mol. The second-order valence-corrected chi connectivity index (χ2v) is 5.13. The molecule has 0 saturated heterocycles. The first-order chi connectivity index (χ1) is 9.15. The van der Waals surface area contributed by atoms with E-state index in [2.05, 4.69) is 15.0 Å². The summed E-state index contributed by atoms with van der Waals surface area (Å²) in [5.41, 5.74) is 1.26. The molecule has 96 valence electrons. The molecule has 0 amide bonds. The fraction of sp³-hybridized carbons (Fsp3) is 0.154. The number of anilines is 2. The molecule has 0 spiro atoms. The molecule has 3 heterocycles. The summed E-state index contributed by atoms with van der Waals surface area (Å²) >= 11 is 1.61. The Morgan fingerprint density at radius 2 is 2.11 bits per heavy atom. The third-order valence-electron chi connectivity index (χ3n) is 2.90. The molecule has 3 aromatic rings. The van der Waals surface area contributed by atoms with Crippen molar-refractivity contribution in [3.8, 4) is 0 Å². The van der Waals surface area contributed by atoms with Gasteiger partial charge in [-0.1, -0.05) is 0 Å². The van der Waals surface area contributed by atoms with Gasteiger partial charge in [-0.2, -0.15) is 4.98 Å². The van der Waals surface area contributed by atoms with Crippen molar-refractivity contribution in [1.82, 2.24) is 15.0 Å². The highest BCUT2D eigenvalue weighted by molar-refractivity contribution is 7.14. The van der Waals surface area contributed by atoms with Crippen LogP contribution >= 0.6 is 11.3 Å². The second kappa shape index (κ2) is 4.47. The summed E-state index contributed by atoms with van der Waals surface area (Å²) in [6, 6.07) is 7.22. The maximum absolute atomic E-state index is 11.4. The summed E-state index contributed by atoms with van der Waals surface area (Å²) < 4.78 is 0. The number of rotatable bonds is 2. The Morgan fingerprint density at radius 1 is 1.26 bits per heavy atom. The monoisotopic (exact) mass is 272 g/mol. The van der Waals surface area contributed by atoms with Crippen molar-refractivity contribution in [2.24, 2.45) is 0 Å². The lowest BCUT2D eigenvalue weighted by molar-refractivity contribution is 1.04. The molecular formula is C13H12N4OS. The van der Waals surface area contributed by atoms with Gasteiger partial charge in [0.25, 0.3) is 0 Å². The maximum Gasteiger partial charge on any atom is 0.249 e. The van der Waals surface area contributed by atoms with Gasteiger partial charge in [0.15, 0.2) is 0 Å². The molecule has 0 aromatic carbocycles. The number of hydrogen-bond donors (Lipinski definition) is 1. The molecule has 3 rings (SSSR count). The van der Waals surface area contributed by atoms with Crippen molar-refractivity contribution >= 4 is 33.3 Å². The van der Waals surface area contributed by atoms with E-state index in [0.29, 0.717) is 11.6 Å². The van der Waals surface area contributed by atoms with E-state index >= 15 is 0 Å². The van der Waals surface area contributed by atoms with Crippen molar-refractivity contribution in [3.05, 3.63) is 45.7 Å². The summed E-state index contributed by atoms with van der Waals surface area (Å²) in [4.78, 5) is 24.9.